The molecule has 7 heteroatoms. The van der Waals surface area contributed by atoms with Gasteiger partial charge in [0, 0.05) is 27.2 Å². The van der Waals surface area contributed by atoms with E-state index in [-0.39, 0.29) is 11.9 Å². The normalized spacial score (nSPS) is 10.4. The van der Waals surface area contributed by atoms with Crippen molar-refractivity contribution in [2.45, 2.75) is 19.3 Å². The molecule has 0 saturated carbocycles. The second-order valence-corrected chi connectivity index (χ2v) is 4.02. The summed E-state index contributed by atoms with van der Waals surface area (Å²) in [4.78, 5) is 14.1. The van der Waals surface area contributed by atoms with Crippen molar-refractivity contribution in [1.82, 2.24) is 15.0 Å². The van der Waals surface area contributed by atoms with Gasteiger partial charge >= 0.3 is 0 Å². The van der Waals surface area contributed by atoms with Crippen LogP contribution in [-0.2, 0) is 0 Å². The lowest BCUT2D eigenvalue weighted by molar-refractivity contribution is 0.283. The maximum atomic E-state index is 8.68. The van der Waals surface area contributed by atoms with Crippen LogP contribution >= 0.6 is 11.6 Å². The summed E-state index contributed by atoms with van der Waals surface area (Å²) in [6.07, 6.45) is 2.79. The number of nitrogens with zero attached hydrogens (tertiary/aromatic N) is 4. The predicted octanol–water partition coefficient (Wildman–Crippen LogP) is 1.17. The molecule has 0 radical (unpaired) electrons. The summed E-state index contributed by atoms with van der Waals surface area (Å²) in [6.45, 7) is 1.06. The molecular formula is C10H18ClN5O. The number of aliphatic hydroxyl groups excluding tert-OH is 1. The fourth-order valence-corrected chi connectivity index (χ4v) is 1.52. The molecule has 1 rings (SSSR count). The first-order valence-electron chi connectivity index (χ1n) is 5.58. The van der Waals surface area contributed by atoms with E-state index in [0.29, 0.717) is 11.9 Å². The van der Waals surface area contributed by atoms with E-state index in [4.69, 9.17) is 16.7 Å². The fourth-order valence-electron chi connectivity index (χ4n) is 1.36. The van der Waals surface area contributed by atoms with Crippen LogP contribution in [-0.4, -0.2) is 47.3 Å². The number of nitrogens with one attached hydrogen (secondary N) is 1. The average molecular weight is 260 g/mol. The monoisotopic (exact) mass is 259 g/mol. The van der Waals surface area contributed by atoms with E-state index >= 15 is 0 Å². The molecule has 6 nitrogen and oxygen atoms in total. The average Bonchev–Trinajstić information content (AvgIpc) is 2.33. The molecule has 0 bridgehead atoms. The van der Waals surface area contributed by atoms with E-state index in [1.807, 2.05) is 11.9 Å². The van der Waals surface area contributed by atoms with Crippen molar-refractivity contribution in [3.8, 4) is 0 Å². The number of rotatable bonds is 7. The van der Waals surface area contributed by atoms with Crippen molar-refractivity contribution >= 4 is 23.5 Å². The minimum absolute atomic E-state index is 0.182. The molecule has 0 amide bonds. The maximum absolute atomic E-state index is 8.68. The third kappa shape index (κ3) is 4.70. The quantitative estimate of drug-likeness (QED) is 0.716. The molecule has 0 spiro atoms. The van der Waals surface area contributed by atoms with Crippen LogP contribution in [0.4, 0.5) is 11.9 Å². The van der Waals surface area contributed by atoms with Gasteiger partial charge in [-0.3, -0.25) is 0 Å². The molecule has 17 heavy (non-hydrogen) atoms. The Kier molecular flexibility index (Phi) is 5.93. The zero-order valence-electron chi connectivity index (χ0n) is 10.1. The minimum atomic E-state index is 0.182. The van der Waals surface area contributed by atoms with E-state index in [9.17, 15) is 0 Å². The van der Waals surface area contributed by atoms with Crippen LogP contribution < -0.4 is 10.2 Å². The number of hydrogen-bond donors (Lipinski definition) is 2. The lowest BCUT2D eigenvalue weighted by Crippen LogP contribution is -2.22. The van der Waals surface area contributed by atoms with Gasteiger partial charge in [-0.15, -0.1) is 0 Å². The van der Waals surface area contributed by atoms with Gasteiger partial charge in [0.15, 0.2) is 0 Å². The number of hydrogen-bond acceptors (Lipinski definition) is 6. The van der Waals surface area contributed by atoms with Gasteiger partial charge in [-0.05, 0) is 30.9 Å². The van der Waals surface area contributed by atoms with Crippen LogP contribution in [0, 0.1) is 0 Å². The lowest BCUT2D eigenvalue weighted by atomic mass is 10.2. The van der Waals surface area contributed by atoms with Crippen LogP contribution in [0.5, 0.6) is 0 Å². The molecule has 1 heterocycles. The minimum Gasteiger partial charge on any atom is -0.396 e. The van der Waals surface area contributed by atoms with Crippen molar-refractivity contribution in [2.75, 3.05) is 37.5 Å². The van der Waals surface area contributed by atoms with Crippen molar-refractivity contribution in [1.29, 1.82) is 0 Å². The highest BCUT2D eigenvalue weighted by Gasteiger charge is 2.08. The van der Waals surface area contributed by atoms with Crippen molar-refractivity contribution in [3.63, 3.8) is 0 Å². The smallest absolute Gasteiger partial charge is 0.231 e. The molecule has 0 aromatic carbocycles. The van der Waals surface area contributed by atoms with E-state index in [1.165, 1.54) is 0 Å². The Morgan fingerprint density at radius 3 is 2.65 bits per heavy atom. The summed E-state index contributed by atoms with van der Waals surface area (Å²) < 4.78 is 0. The summed E-state index contributed by atoms with van der Waals surface area (Å²) in [5.41, 5.74) is 0. The molecule has 0 unspecified atom stereocenters. The summed E-state index contributed by atoms with van der Waals surface area (Å²) in [6, 6.07) is 0. The number of anilines is 2. The molecule has 1 aromatic heterocycles. The Bertz CT molecular complexity index is 349. The molecule has 0 saturated heterocycles. The first kappa shape index (κ1) is 13.9. The molecule has 0 fully saturated rings. The topological polar surface area (TPSA) is 74.2 Å². The Balaban J connectivity index is 2.55. The standard InChI is InChI=1S/C10H18ClN5O/c1-12-9-13-8(11)14-10(15-9)16(2)6-4-3-5-7-17/h17H,3-7H2,1-2H3,(H,12,13,14,15). The zero-order valence-corrected chi connectivity index (χ0v) is 10.9. The summed E-state index contributed by atoms with van der Waals surface area (Å²) >= 11 is 5.79. The first-order chi connectivity index (χ1) is 8.17. The fraction of sp³-hybridized carbons (Fsp3) is 0.700. The van der Waals surface area contributed by atoms with Gasteiger partial charge in [0.1, 0.15) is 0 Å². The molecule has 0 aliphatic carbocycles. The summed E-state index contributed by atoms with van der Waals surface area (Å²) in [5.74, 6) is 1.01. The Morgan fingerprint density at radius 2 is 2.00 bits per heavy atom. The summed E-state index contributed by atoms with van der Waals surface area (Å²) in [5, 5.41) is 11.7. The Labute approximate surface area is 106 Å². The second kappa shape index (κ2) is 7.24. The highest BCUT2D eigenvalue weighted by atomic mass is 35.5. The van der Waals surface area contributed by atoms with Crippen molar-refractivity contribution < 1.29 is 5.11 Å². The molecular weight excluding hydrogens is 242 g/mol. The SMILES string of the molecule is CNc1nc(Cl)nc(N(C)CCCCCO)n1. The lowest BCUT2D eigenvalue weighted by Gasteiger charge is -2.17. The van der Waals surface area contributed by atoms with Gasteiger partial charge in [-0.1, -0.05) is 0 Å². The van der Waals surface area contributed by atoms with Gasteiger partial charge in [0.25, 0.3) is 0 Å². The van der Waals surface area contributed by atoms with Gasteiger partial charge in [-0.2, -0.15) is 15.0 Å². The molecule has 0 aliphatic rings. The van der Waals surface area contributed by atoms with Crippen molar-refractivity contribution in [3.05, 3.63) is 5.28 Å². The first-order valence-corrected chi connectivity index (χ1v) is 5.96. The Morgan fingerprint density at radius 1 is 1.24 bits per heavy atom. The largest absolute Gasteiger partial charge is 0.396 e. The Hall–Kier alpha value is -1.14. The van der Waals surface area contributed by atoms with E-state index in [1.54, 1.807) is 7.05 Å². The van der Waals surface area contributed by atoms with Gasteiger partial charge in [-0.25, -0.2) is 0 Å². The highest BCUT2D eigenvalue weighted by molar-refractivity contribution is 6.28. The molecule has 0 aliphatic heterocycles. The number of halogens is 1. The summed E-state index contributed by atoms with van der Waals surface area (Å²) in [7, 11) is 3.64. The van der Waals surface area contributed by atoms with Crippen LogP contribution in [0.1, 0.15) is 19.3 Å². The van der Waals surface area contributed by atoms with Gasteiger partial charge < -0.3 is 15.3 Å². The van der Waals surface area contributed by atoms with Crippen LogP contribution in [0.25, 0.3) is 0 Å². The maximum Gasteiger partial charge on any atom is 0.231 e. The third-order valence-corrected chi connectivity index (χ3v) is 2.48. The van der Waals surface area contributed by atoms with Gasteiger partial charge in [0.05, 0.1) is 0 Å². The zero-order chi connectivity index (χ0) is 12.7. The van der Waals surface area contributed by atoms with Crippen LogP contribution in [0.3, 0.4) is 0 Å². The molecule has 2 N–H and O–H groups in total. The number of unbranched alkanes of at least 4 members (excludes halogenated alkanes) is 2. The number of aromatic nitrogens is 3. The molecule has 0 atom stereocenters. The van der Waals surface area contributed by atoms with E-state index in [2.05, 4.69) is 20.3 Å². The third-order valence-electron chi connectivity index (χ3n) is 2.31. The van der Waals surface area contributed by atoms with E-state index < -0.39 is 0 Å². The second-order valence-electron chi connectivity index (χ2n) is 3.68. The number of aliphatic hydroxyl groups is 1. The van der Waals surface area contributed by atoms with Crippen LogP contribution in [0.2, 0.25) is 5.28 Å². The molecule has 1 aromatic rings. The van der Waals surface area contributed by atoms with E-state index in [0.717, 1.165) is 25.8 Å². The molecule has 96 valence electrons. The van der Waals surface area contributed by atoms with Gasteiger partial charge in [0.2, 0.25) is 17.2 Å². The highest BCUT2D eigenvalue weighted by Crippen LogP contribution is 2.12. The van der Waals surface area contributed by atoms with Crippen LogP contribution in [0.15, 0.2) is 0 Å². The predicted molar refractivity (Wildman–Crippen MR) is 68.6 cm³/mol. The van der Waals surface area contributed by atoms with Crippen molar-refractivity contribution in [2.24, 2.45) is 0 Å².